The fourth-order valence-corrected chi connectivity index (χ4v) is 2.82. The number of halogens is 1. The van der Waals surface area contributed by atoms with E-state index in [4.69, 9.17) is 10.7 Å². The molecule has 0 fully saturated rings. The average molecular weight is 349 g/mol. The van der Waals surface area contributed by atoms with Gasteiger partial charge < -0.3 is 10.6 Å². The molecule has 2 N–H and O–H groups in total. The van der Waals surface area contributed by atoms with Crippen LogP contribution in [0.2, 0.25) is 0 Å². The topological polar surface area (TPSA) is 85.2 Å². The van der Waals surface area contributed by atoms with Gasteiger partial charge in [-0.3, -0.25) is 4.40 Å². The van der Waals surface area contributed by atoms with Gasteiger partial charge in [0.25, 0.3) is 0 Å². The first-order valence-electron chi connectivity index (χ1n) is 7.93. The Hall–Kier alpha value is -3.55. The molecule has 0 atom stereocenters. The largest absolute Gasteiger partial charge is 0.368 e. The molecule has 0 amide bonds. The first-order valence-corrected chi connectivity index (χ1v) is 7.93. The van der Waals surface area contributed by atoms with E-state index in [0.717, 1.165) is 22.6 Å². The van der Waals surface area contributed by atoms with Crippen molar-refractivity contribution in [1.82, 2.24) is 24.3 Å². The van der Waals surface area contributed by atoms with E-state index in [2.05, 4.69) is 15.0 Å². The molecule has 4 aromatic rings. The highest BCUT2D eigenvalue weighted by molar-refractivity contribution is 5.84. The monoisotopic (exact) mass is 349 g/mol. The number of nitrogens with two attached hydrogens (primary N) is 1. The van der Waals surface area contributed by atoms with E-state index in [1.165, 1.54) is 12.1 Å². The minimum Gasteiger partial charge on any atom is -0.368 e. The Morgan fingerprint density at radius 2 is 1.69 bits per heavy atom. The second-order valence-electron chi connectivity index (χ2n) is 5.98. The SMILES string of the molecule is CN(C)c1nccn2c(-c3cnc(N)nc3)c(-c3ccc(F)cc3)nc12. The van der Waals surface area contributed by atoms with E-state index in [1.807, 2.05) is 29.6 Å². The molecule has 0 radical (unpaired) electrons. The van der Waals surface area contributed by atoms with Crippen molar-refractivity contribution in [1.29, 1.82) is 0 Å². The van der Waals surface area contributed by atoms with Crippen LogP contribution in [-0.4, -0.2) is 38.4 Å². The minimum atomic E-state index is -0.300. The molecule has 8 heteroatoms. The lowest BCUT2D eigenvalue weighted by atomic mass is 10.1. The third-order valence-electron chi connectivity index (χ3n) is 4.01. The quantitative estimate of drug-likeness (QED) is 0.612. The Morgan fingerprint density at radius 3 is 2.35 bits per heavy atom. The van der Waals surface area contributed by atoms with Crippen molar-refractivity contribution in [2.24, 2.45) is 0 Å². The van der Waals surface area contributed by atoms with Gasteiger partial charge in [0.2, 0.25) is 5.95 Å². The number of hydrogen-bond donors (Lipinski definition) is 1. The Bertz CT molecular complexity index is 1070. The molecule has 26 heavy (non-hydrogen) atoms. The lowest BCUT2D eigenvalue weighted by Gasteiger charge is -2.11. The number of benzene rings is 1. The lowest BCUT2D eigenvalue weighted by Crippen LogP contribution is -2.12. The van der Waals surface area contributed by atoms with E-state index < -0.39 is 0 Å². The molecule has 130 valence electrons. The molecule has 4 rings (SSSR count). The molecule has 0 bridgehead atoms. The zero-order chi connectivity index (χ0) is 18.3. The van der Waals surface area contributed by atoms with Crippen LogP contribution in [-0.2, 0) is 0 Å². The van der Waals surface area contributed by atoms with E-state index in [9.17, 15) is 4.39 Å². The zero-order valence-corrected chi connectivity index (χ0v) is 14.3. The Morgan fingerprint density at radius 1 is 1.00 bits per heavy atom. The van der Waals surface area contributed by atoms with Crippen LogP contribution >= 0.6 is 0 Å². The summed E-state index contributed by atoms with van der Waals surface area (Å²) in [7, 11) is 3.81. The summed E-state index contributed by atoms with van der Waals surface area (Å²) in [4.78, 5) is 19.3. The van der Waals surface area contributed by atoms with Gasteiger partial charge in [0.05, 0.1) is 11.4 Å². The molecule has 0 aliphatic rings. The van der Waals surface area contributed by atoms with E-state index in [0.29, 0.717) is 11.3 Å². The number of hydrogen-bond acceptors (Lipinski definition) is 6. The predicted octanol–water partition coefficient (Wildman–Crippen LogP) is 2.64. The molecule has 1 aromatic carbocycles. The summed E-state index contributed by atoms with van der Waals surface area (Å²) in [5, 5.41) is 0. The van der Waals surface area contributed by atoms with E-state index in [-0.39, 0.29) is 11.8 Å². The third-order valence-corrected chi connectivity index (χ3v) is 4.01. The molecule has 3 aromatic heterocycles. The van der Waals surface area contributed by atoms with Gasteiger partial charge in [0, 0.05) is 50.0 Å². The molecule has 0 unspecified atom stereocenters. The van der Waals surface area contributed by atoms with Crippen LogP contribution in [0.15, 0.2) is 49.1 Å². The summed E-state index contributed by atoms with van der Waals surface area (Å²) in [5.41, 5.74) is 9.32. The average Bonchev–Trinajstić information content (AvgIpc) is 3.02. The number of imidazole rings is 1. The standard InChI is InChI=1S/C18H16FN7/c1-25(2)16-17-24-14(11-3-5-13(19)6-4-11)15(26(17)8-7-21-16)12-9-22-18(20)23-10-12/h3-10H,1-2H3,(H2,20,22,23). The van der Waals surface area contributed by atoms with Crippen molar-refractivity contribution >= 4 is 17.4 Å². The van der Waals surface area contributed by atoms with Crippen molar-refractivity contribution in [3.63, 3.8) is 0 Å². The van der Waals surface area contributed by atoms with Gasteiger partial charge in [-0.05, 0) is 24.3 Å². The minimum absolute atomic E-state index is 0.196. The number of nitrogen functional groups attached to an aromatic ring is 1. The Balaban J connectivity index is 2.05. The molecular weight excluding hydrogens is 333 g/mol. The van der Waals surface area contributed by atoms with Gasteiger partial charge in [0.1, 0.15) is 5.82 Å². The first kappa shape index (κ1) is 15.9. The molecule has 0 aliphatic carbocycles. The third kappa shape index (κ3) is 2.61. The molecule has 7 nitrogen and oxygen atoms in total. The molecule has 0 spiro atoms. The fraction of sp³-hybridized carbons (Fsp3) is 0.111. The van der Waals surface area contributed by atoms with Crippen molar-refractivity contribution in [3.8, 4) is 22.5 Å². The van der Waals surface area contributed by atoms with Crippen LogP contribution in [0.3, 0.4) is 0 Å². The highest BCUT2D eigenvalue weighted by atomic mass is 19.1. The van der Waals surface area contributed by atoms with Crippen LogP contribution in [0.1, 0.15) is 0 Å². The van der Waals surface area contributed by atoms with Gasteiger partial charge in [-0.15, -0.1) is 0 Å². The summed E-state index contributed by atoms with van der Waals surface area (Å²) in [6, 6.07) is 6.21. The van der Waals surface area contributed by atoms with Crippen LogP contribution in [0.4, 0.5) is 16.2 Å². The summed E-state index contributed by atoms with van der Waals surface area (Å²) in [6.07, 6.45) is 6.83. The maximum atomic E-state index is 13.4. The van der Waals surface area contributed by atoms with Gasteiger partial charge in [-0.25, -0.2) is 24.3 Å². The van der Waals surface area contributed by atoms with Crippen molar-refractivity contribution in [2.75, 3.05) is 24.7 Å². The van der Waals surface area contributed by atoms with E-state index in [1.54, 1.807) is 30.7 Å². The smallest absolute Gasteiger partial charge is 0.219 e. The maximum absolute atomic E-state index is 13.4. The zero-order valence-electron chi connectivity index (χ0n) is 14.3. The van der Waals surface area contributed by atoms with E-state index >= 15 is 0 Å². The second-order valence-corrected chi connectivity index (χ2v) is 5.98. The highest BCUT2D eigenvalue weighted by Crippen LogP contribution is 2.34. The number of rotatable bonds is 3. The van der Waals surface area contributed by atoms with Crippen molar-refractivity contribution in [3.05, 3.63) is 54.9 Å². The Kier molecular flexibility index (Phi) is 3.72. The highest BCUT2D eigenvalue weighted by Gasteiger charge is 2.19. The summed E-state index contributed by atoms with van der Waals surface area (Å²) >= 11 is 0. The van der Waals surface area contributed by atoms with Crippen molar-refractivity contribution < 1.29 is 4.39 Å². The predicted molar refractivity (Wildman–Crippen MR) is 98.1 cm³/mol. The fourth-order valence-electron chi connectivity index (χ4n) is 2.82. The first-order chi connectivity index (χ1) is 12.5. The van der Waals surface area contributed by atoms with Crippen LogP contribution in [0.5, 0.6) is 0 Å². The molecule has 3 heterocycles. The van der Waals surface area contributed by atoms with Gasteiger partial charge in [0.15, 0.2) is 11.5 Å². The molecular formula is C18H16FN7. The van der Waals surface area contributed by atoms with Crippen molar-refractivity contribution in [2.45, 2.75) is 0 Å². The molecule has 0 aliphatic heterocycles. The van der Waals surface area contributed by atoms with Crippen LogP contribution < -0.4 is 10.6 Å². The summed E-state index contributed by atoms with van der Waals surface area (Å²) < 4.78 is 15.3. The number of aromatic nitrogens is 5. The molecule has 0 saturated carbocycles. The second kappa shape index (κ2) is 6.07. The molecule has 0 saturated heterocycles. The number of fused-ring (bicyclic) bond motifs is 1. The van der Waals surface area contributed by atoms with Gasteiger partial charge >= 0.3 is 0 Å². The maximum Gasteiger partial charge on any atom is 0.219 e. The number of anilines is 2. The Labute approximate surface area is 149 Å². The van der Waals surface area contributed by atoms with Gasteiger partial charge in [-0.1, -0.05) is 0 Å². The number of nitrogens with zero attached hydrogens (tertiary/aromatic N) is 6. The normalized spacial score (nSPS) is 11.0. The lowest BCUT2D eigenvalue weighted by molar-refractivity contribution is 0.628. The summed E-state index contributed by atoms with van der Waals surface area (Å²) in [5.74, 6) is 0.616. The van der Waals surface area contributed by atoms with Gasteiger partial charge in [-0.2, -0.15) is 0 Å². The summed E-state index contributed by atoms with van der Waals surface area (Å²) in [6.45, 7) is 0. The van der Waals surface area contributed by atoms with Crippen LogP contribution in [0, 0.1) is 5.82 Å². The van der Waals surface area contributed by atoms with Crippen LogP contribution in [0.25, 0.3) is 28.2 Å².